The molecule has 4 rings (SSSR count). The van der Waals surface area contributed by atoms with Gasteiger partial charge in [-0.15, -0.1) is 0 Å². The molecule has 0 amide bonds. The number of aliphatic hydroxyl groups is 1. The van der Waals surface area contributed by atoms with Gasteiger partial charge in [0.25, 0.3) is 0 Å². The van der Waals surface area contributed by atoms with Crippen molar-refractivity contribution in [1.82, 2.24) is 0 Å². The zero-order valence-corrected chi connectivity index (χ0v) is 18.6. The number of fused-ring (bicyclic) bond motifs is 5. The van der Waals surface area contributed by atoms with Crippen LogP contribution in [-0.2, 0) is 9.53 Å². The third-order valence-corrected chi connectivity index (χ3v) is 10.3. The summed E-state index contributed by atoms with van der Waals surface area (Å²) in [6.45, 7) is 7.10. The largest absolute Gasteiger partial charge is 0.469 e. The number of rotatable bonds is 4. The minimum atomic E-state index is -0.0766. The Morgan fingerprint density at radius 2 is 1.79 bits per heavy atom. The Bertz CT molecular complexity index is 588. The van der Waals surface area contributed by atoms with Crippen LogP contribution >= 0.6 is 0 Å². The first-order chi connectivity index (χ1) is 13.3. The van der Waals surface area contributed by atoms with Crippen molar-refractivity contribution in [3.63, 3.8) is 0 Å². The molecule has 1 N–H and O–H groups in total. The van der Waals surface area contributed by atoms with E-state index in [0.29, 0.717) is 16.7 Å². The maximum atomic E-state index is 11.8. The number of aliphatic hydroxyl groups excluding tert-OH is 1. The summed E-state index contributed by atoms with van der Waals surface area (Å²) in [6.07, 6.45) is 13.7. The number of hydrogen-bond acceptors (Lipinski definition) is 3. The molecule has 28 heavy (non-hydrogen) atoms. The molecule has 0 radical (unpaired) electrons. The summed E-state index contributed by atoms with van der Waals surface area (Å²) in [5.74, 6) is 3.56. The average molecular weight is 391 g/mol. The smallest absolute Gasteiger partial charge is 0.308 e. The summed E-state index contributed by atoms with van der Waals surface area (Å²) in [7, 11) is 1.50. The van der Waals surface area contributed by atoms with Crippen molar-refractivity contribution >= 4 is 5.97 Å². The summed E-state index contributed by atoms with van der Waals surface area (Å²) in [5, 5.41) is 11.1. The molecule has 0 saturated heterocycles. The van der Waals surface area contributed by atoms with Gasteiger partial charge in [0.05, 0.1) is 19.1 Å². The molecule has 0 spiro atoms. The Morgan fingerprint density at radius 3 is 2.54 bits per heavy atom. The Hall–Kier alpha value is -0.570. The van der Waals surface area contributed by atoms with E-state index in [-0.39, 0.29) is 18.0 Å². The summed E-state index contributed by atoms with van der Waals surface area (Å²) >= 11 is 0. The lowest BCUT2D eigenvalue weighted by Gasteiger charge is -2.61. The highest BCUT2D eigenvalue weighted by Crippen LogP contribution is 2.67. The third kappa shape index (κ3) is 3.15. The predicted molar refractivity (Wildman–Crippen MR) is 112 cm³/mol. The average Bonchev–Trinajstić information content (AvgIpc) is 3.02. The summed E-state index contributed by atoms with van der Waals surface area (Å²) < 4.78 is 4.94. The van der Waals surface area contributed by atoms with Gasteiger partial charge in [-0.05, 0) is 98.2 Å². The summed E-state index contributed by atoms with van der Waals surface area (Å²) in [6, 6.07) is 0. The van der Waals surface area contributed by atoms with E-state index >= 15 is 0 Å². The van der Waals surface area contributed by atoms with Crippen molar-refractivity contribution in [3.05, 3.63) is 0 Å². The van der Waals surface area contributed by atoms with Crippen LogP contribution in [0.1, 0.15) is 91.4 Å². The molecule has 160 valence electrons. The fourth-order valence-corrected chi connectivity index (χ4v) is 8.71. The van der Waals surface area contributed by atoms with Gasteiger partial charge in [0.1, 0.15) is 0 Å². The van der Waals surface area contributed by atoms with Crippen molar-refractivity contribution < 1.29 is 14.6 Å². The summed E-state index contributed by atoms with van der Waals surface area (Å²) in [5.41, 5.74) is 0.786. The molecule has 4 unspecified atom stereocenters. The number of carbonyl (C=O) groups is 1. The van der Waals surface area contributed by atoms with Gasteiger partial charge < -0.3 is 9.84 Å². The van der Waals surface area contributed by atoms with Gasteiger partial charge in [-0.2, -0.15) is 0 Å². The first kappa shape index (κ1) is 20.7. The molecule has 4 aliphatic rings. The molecule has 4 fully saturated rings. The van der Waals surface area contributed by atoms with Gasteiger partial charge in [0.15, 0.2) is 0 Å². The van der Waals surface area contributed by atoms with E-state index in [9.17, 15) is 9.90 Å². The maximum Gasteiger partial charge on any atom is 0.308 e. The van der Waals surface area contributed by atoms with Gasteiger partial charge in [-0.3, -0.25) is 4.79 Å². The molecule has 3 nitrogen and oxygen atoms in total. The highest BCUT2D eigenvalue weighted by molar-refractivity contribution is 5.71. The predicted octanol–water partition coefficient (Wildman–Crippen LogP) is 5.60. The van der Waals surface area contributed by atoms with E-state index < -0.39 is 0 Å². The third-order valence-electron chi connectivity index (χ3n) is 10.3. The van der Waals surface area contributed by atoms with E-state index in [2.05, 4.69) is 13.8 Å². The van der Waals surface area contributed by atoms with Crippen LogP contribution in [0.15, 0.2) is 0 Å². The van der Waals surface area contributed by atoms with Crippen molar-refractivity contribution in [2.45, 2.75) is 97.5 Å². The molecule has 0 aromatic carbocycles. The van der Waals surface area contributed by atoms with E-state index in [4.69, 9.17) is 4.74 Å². The molecule has 0 aliphatic heterocycles. The molecular formula is C25H42O3. The zero-order valence-electron chi connectivity index (χ0n) is 18.6. The van der Waals surface area contributed by atoms with Crippen molar-refractivity contribution in [3.8, 4) is 0 Å². The normalized spacial score (nSPS) is 48.9. The molecule has 0 aromatic heterocycles. The maximum absolute atomic E-state index is 11.8. The molecule has 4 saturated carbocycles. The van der Waals surface area contributed by atoms with Crippen molar-refractivity contribution in [1.29, 1.82) is 0 Å². The monoisotopic (exact) mass is 390 g/mol. The molecule has 0 bridgehead atoms. The Kier molecular flexibility index (Phi) is 5.61. The number of methoxy groups -OCH3 is 1. The van der Waals surface area contributed by atoms with Crippen LogP contribution in [0.3, 0.4) is 0 Å². The van der Waals surface area contributed by atoms with Crippen molar-refractivity contribution in [2.75, 3.05) is 7.11 Å². The highest BCUT2D eigenvalue weighted by Gasteiger charge is 2.61. The van der Waals surface area contributed by atoms with Gasteiger partial charge >= 0.3 is 5.97 Å². The molecule has 4 aliphatic carbocycles. The fraction of sp³-hybridized carbons (Fsp3) is 0.960. The quantitative estimate of drug-likeness (QED) is 0.636. The van der Waals surface area contributed by atoms with Crippen molar-refractivity contribution in [2.24, 2.45) is 46.3 Å². The van der Waals surface area contributed by atoms with Gasteiger partial charge in [0, 0.05) is 0 Å². The molecule has 9 atom stereocenters. The minimum absolute atomic E-state index is 0.0161. The number of hydrogen-bond donors (Lipinski definition) is 1. The van der Waals surface area contributed by atoms with Gasteiger partial charge in [-0.1, -0.05) is 33.6 Å². The lowest BCUT2D eigenvalue weighted by atomic mass is 9.44. The molecule has 0 heterocycles. The molecule has 0 aromatic rings. The van der Waals surface area contributed by atoms with E-state index in [0.717, 1.165) is 42.9 Å². The second kappa shape index (κ2) is 7.60. The summed E-state index contributed by atoms with van der Waals surface area (Å²) in [4.78, 5) is 11.8. The van der Waals surface area contributed by atoms with Crippen LogP contribution in [-0.4, -0.2) is 24.3 Å². The molecule has 3 heteroatoms. The van der Waals surface area contributed by atoms with E-state index in [1.54, 1.807) is 0 Å². The standard InChI is InChI=1S/C25H42O3/c1-16(23(27)28-4)8-9-17-10-11-19-18-15-22(26)21-7-5-6-13-25(21,3)20(18)12-14-24(17,19)2/h16-22,26H,5-15H2,1-4H3/t16-,17-,18?,19?,20?,21?,22-,24+,25+/m0/s1. The van der Waals surface area contributed by atoms with Crippen LogP contribution in [0, 0.1) is 46.3 Å². The van der Waals surface area contributed by atoms with Crippen LogP contribution in [0.25, 0.3) is 0 Å². The molecular weight excluding hydrogens is 348 g/mol. The van der Waals surface area contributed by atoms with Crippen LogP contribution in [0.4, 0.5) is 0 Å². The number of carbonyl (C=O) groups excluding carboxylic acids is 1. The fourth-order valence-electron chi connectivity index (χ4n) is 8.71. The van der Waals surface area contributed by atoms with Crippen LogP contribution in [0.2, 0.25) is 0 Å². The topological polar surface area (TPSA) is 46.5 Å². The van der Waals surface area contributed by atoms with Crippen LogP contribution < -0.4 is 0 Å². The lowest BCUT2D eigenvalue weighted by molar-refractivity contribution is -0.158. The SMILES string of the molecule is COC(=O)[C@@H](C)CC[C@H]1CCC2C3C[C@H](O)C4CCCC[C@]4(C)C3CC[C@@]21C. The lowest BCUT2D eigenvalue weighted by Crippen LogP contribution is -2.57. The second-order valence-electron chi connectivity index (χ2n) is 11.4. The zero-order chi connectivity index (χ0) is 20.1. The highest BCUT2D eigenvalue weighted by atomic mass is 16.5. The Labute approximate surface area is 172 Å². The van der Waals surface area contributed by atoms with E-state index in [1.165, 1.54) is 58.5 Å². The van der Waals surface area contributed by atoms with E-state index in [1.807, 2.05) is 6.92 Å². The van der Waals surface area contributed by atoms with Gasteiger partial charge in [0.2, 0.25) is 0 Å². The minimum Gasteiger partial charge on any atom is -0.469 e. The second-order valence-corrected chi connectivity index (χ2v) is 11.4. The van der Waals surface area contributed by atoms with Gasteiger partial charge in [-0.25, -0.2) is 0 Å². The number of ether oxygens (including phenoxy) is 1. The Balaban J connectivity index is 1.49. The Morgan fingerprint density at radius 1 is 1.04 bits per heavy atom. The number of esters is 1. The first-order valence-electron chi connectivity index (χ1n) is 12.1. The first-order valence-corrected chi connectivity index (χ1v) is 12.1. The van der Waals surface area contributed by atoms with Crippen LogP contribution in [0.5, 0.6) is 0 Å².